The molecule has 2 rings (SSSR count). The molecule has 104 valence electrons. The Morgan fingerprint density at radius 1 is 1.53 bits per heavy atom. The van der Waals surface area contributed by atoms with Gasteiger partial charge in [0.1, 0.15) is 18.3 Å². The maximum absolute atomic E-state index is 12.3. The van der Waals surface area contributed by atoms with E-state index in [9.17, 15) is 4.79 Å². The SMILES string of the molecule is CCSCC[C@H](C)NC(=O)[C@H]1COc2ccccc21. The second kappa shape index (κ2) is 6.85. The van der Waals surface area contributed by atoms with Crippen LogP contribution in [0.1, 0.15) is 31.7 Å². The molecule has 1 heterocycles. The van der Waals surface area contributed by atoms with Crippen LogP contribution < -0.4 is 10.1 Å². The third kappa shape index (κ3) is 3.66. The minimum absolute atomic E-state index is 0.0824. The van der Waals surface area contributed by atoms with E-state index in [1.807, 2.05) is 36.0 Å². The van der Waals surface area contributed by atoms with Crippen LogP contribution in [0.5, 0.6) is 5.75 Å². The van der Waals surface area contributed by atoms with Gasteiger partial charge < -0.3 is 10.1 Å². The second-order valence-corrected chi connectivity index (χ2v) is 6.19. The first-order valence-electron chi connectivity index (χ1n) is 6.82. The predicted molar refractivity (Wildman–Crippen MR) is 79.9 cm³/mol. The molecule has 0 aliphatic carbocycles. The summed E-state index contributed by atoms with van der Waals surface area (Å²) in [5.74, 6) is 2.99. The van der Waals surface area contributed by atoms with Crippen LogP contribution in [0.2, 0.25) is 0 Å². The summed E-state index contributed by atoms with van der Waals surface area (Å²) in [4.78, 5) is 12.3. The van der Waals surface area contributed by atoms with Crippen LogP contribution in [0, 0.1) is 0 Å². The molecule has 19 heavy (non-hydrogen) atoms. The number of fused-ring (bicyclic) bond motifs is 1. The molecule has 0 radical (unpaired) electrons. The Bertz CT molecular complexity index is 436. The van der Waals surface area contributed by atoms with Gasteiger partial charge in [-0.3, -0.25) is 4.79 Å². The third-order valence-electron chi connectivity index (χ3n) is 3.30. The summed E-state index contributed by atoms with van der Waals surface area (Å²) in [6.07, 6.45) is 1.01. The van der Waals surface area contributed by atoms with E-state index < -0.39 is 0 Å². The van der Waals surface area contributed by atoms with Crippen LogP contribution in [0.15, 0.2) is 24.3 Å². The van der Waals surface area contributed by atoms with E-state index in [0.29, 0.717) is 6.61 Å². The summed E-state index contributed by atoms with van der Waals surface area (Å²) in [6.45, 7) is 4.68. The average Bonchev–Trinajstić information content (AvgIpc) is 2.83. The number of amides is 1. The van der Waals surface area contributed by atoms with E-state index in [-0.39, 0.29) is 17.9 Å². The highest BCUT2D eigenvalue weighted by Gasteiger charge is 2.30. The van der Waals surface area contributed by atoms with Gasteiger partial charge in [0.15, 0.2) is 0 Å². The molecule has 1 aromatic carbocycles. The van der Waals surface area contributed by atoms with Crippen LogP contribution in [-0.4, -0.2) is 30.1 Å². The molecule has 1 aromatic rings. The van der Waals surface area contributed by atoms with Crippen molar-refractivity contribution in [2.75, 3.05) is 18.1 Å². The maximum Gasteiger partial charge on any atom is 0.231 e. The van der Waals surface area contributed by atoms with E-state index in [1.165, 1.54) is 0 Å². The molecule has 0 saturated carbocycles. The van der Waals surface area contributed by atoms with E-state index in [4.69, 9.17) is 4.74 Å². The highest BCUT2D eigenvalue weighted by molar-refractivity contribution is 7.99. The van der Waals surface area contributed by atoms with Crippen molar-refractivity contribution in [2.45, 2.75) is 32.2 Å². The average molecular weight is 279 g/mol. The Balaban J connectivity index is 1.88. The van der Waals surface area contributed by atoms with Crippen LogP contribution in [0.3, 0.4) is 0 Å². The lowest BCUT2D eigenvalue weighted by molar-refractivity contribution is -0.123. The third-order valence-corrected chi connectivity index (χ3v) is 4.24. The number of hydrogen-bond acceptors (Lipinski definition) is 3. The lowest BCUT2D eigenvalue weighted by atomic mass is 10.00. The molecule has 1 amide bonds. The summed E-state index contributed by atoms with van der Waals surface area (Å²) < 4.78 is 5.55. The molecule has 0 saturated heterocycles. The molecule has 1 N–H and O–H groups in total. The van der Waals surface area contributed by atoms with Gasteiger partial charge >= 0.3 is 0 Å². The minimum Gasteiger partial charge on any atom is -0.492 e. The zero-order valence-corrected chi connectivity index (χ0v) is 12.3. The Morgan fingerprint density at radius 3 is 3.11 bits per heavy atom. The van der Waals surface area contributed by atoms with E-state index in [1.54, 1.807) is 0 Å². The van der Waals surface area contributed by atoms with Gasteiger partial charge in [0.05, 0.1) is 0 Å². The number of rotatable bonds is 6. The smallest absolute Gasteiger partial charge is 0.231 e. The molecule has 1 aliphatic heterocycles. The van der Waals surface area contributed by atoms with Crippen LogP contribution in [-0.2, 0) is 4.79 Å². The highest BCUT2D eigenvalue weighted by Crippen LogP contribution is 2.33. The Morgan fingerprint density at radius 2 is 2.32 bits per heavy atom. The lowest BCUT2D eigenvalue weighted by Gasteiger charge is -2.16. The van der Waals surface area contributed by atoms with Gasteiger partial charge in [0, 0.05) is 11.6 Å². The first kappa shape index (κ1) is 14.3. The molecule has 0 aromatic heterocycles. The summed E-state index contributed by atoms with van der Waals surface area (Å²) in [5, 5.41) is 3.09. The number of hydrogen-bond donors (Lipinski definition) is 1. The van der Waals surface area contributed by atoms with Crippen molar-refractivity contribution >= 4 is 17.7 Å². The largest absolute Gasteiger partial charge is 0.492 e. The van der Waals surface area contributed by atoms with Gasteiger partial charge in [-0.25, -0.2) is 0 Å². The lowest BCUT2D eigenvalue weighted by Crippen LogP contribution is -2.37. The number of ether oxygens (including phenoxy) is 1. The Kier molecular flexibility index (Phi) is 5.14. The van der Waals surface area contributed by atoms with Crippen LogP contribution >= 0.6 is 11.8 Å². The second-order valence-electron chi connectivity index (χ2n) is 4.80. The number of carbonyl (C=O) groups excluding carboxylic acids is 1. The molecule has 3 nitrogen and oxygen atoms in total. The van der Waals surface area contributed by atoms with Gasteiger partial charge in [-0.1, -0.05) is 25.1 Å². The van der Waals surface area contributed by atoms with E-state index in [0.717, 1.165) is 29.2 Å². The topological polar surface area (TPSA) is 38.3 Å². The zero-order chi connectivity index (χ0) is 13.7. The number of thioether (sulfide) groups is 1. The standard InChI is InChI=1S/C15H21NO2S/c1-3-19-9-8-11(2)16-15(17)13-10-18-14-7-5-4-6-12(13)14/h4-7,11,13H,3,8-10H2,1-2H3,(H,16,17)/t11-,13-/m0/s1. The molecule has 0 bridgehead atoms. The molecular formula is C15H21NO2S. The molecule has 2 atom stereocenters. The highest BCUT2D eigenvalue weighted by atomic mass is 32.2. The van der Waals surface area contributed by atoms with Gasteiger partial charge in [-0.05, 0) is 30.9 Å². The molecule has 0 spiro atoms. The maximum atomic E-state index is 12.3. The van der Waals surface area contributed by atoms with Crippen molar-refractivity contribution in [2.24, 2.45) is 0 Å². The van der Waals surface area contributed by atoms with E-state index >= 15 is 0 Å². The van der Waals surface area contributed by atoms with Crippen molar-refractivity contribution < 1.29 is 9.53 Å². The predicted octanol–water partition coefficient (Wildman–Crippen LogP) is 2.81. The quantitative estimate of drug-likeness (QED) is 0.814. The fourth-order valence-corrected chi connectivity index (χ4v) is 3.01. The summed E-state index contributed by atoms with van der Waals surface area (Å²) in [5.41, 5.74) is 1.01. The number of nitrogens with one attached hydrogen (secondary N) is 1. The van der Waals surface area contributed by atoms with Crippen molar-refractivity contribution in [1.29, 1.82) is 0 Å². The van der Waals surface area contributed by atoms with Gasteiger partial charge in [0.2, 0.25) is 5.91 Å². The first-order chi connectivity index (χ1) is 9.22. The Labute approximate surface area is 119 Å². The molecule has 1 aliphatic rings. The van der Waals surface area contributed by atoms with Crippen molar-refractivity contribution in [3.8, 4) is 5.75 Å². The van der Waals surface area contributed by atoms with Crippen LogP contribution in [0.4, 0.5) is 0 Å². The number of para-hydroxylation sites is 1. The summed E-state index contributed by atoms with van der Waals surface area (Å²) in [6, 6.07) is 8.01. The van der Waals surface area contributed by atoms with Gasteiger partial charge in [-0.2, -0.15) is 11.8 Å². The van der Waals surface area contributed by atoms with Crippen molar-refractivity contribution in [1.82, 2.24) is 5.32 Å². The fourth-order valence-electron chi connectivity index (χ4n) is 2.20. The monoisotopic (exact) mass is 279 g/mol. The van der Waals surface area contributed by atoms with Crippen molar-refractivity contribution in [3.05, 3.63) is 29.8 Å². The number of carbonyl (C=O) groups is 1. The molecule has 4 heteroatoms. The summed E-state index contributed by atoms with van der Waals surface area (Å²) in [7, 11) is 0. The van der Waals surface area contributed by atoms with Gasteiger partial charge in [-0.15, -0.1) is 0 Å². The molecule has 0 fully saturated rings. The van der Waals surface area contributed by atoms with Gasteiger partial charge in [0.25, 0.3) is 0 Å². The Hall–Kier alpha value is -1.16. The fraction of sp³-hybridized carbons (Fsp3) is 0.533. The normalized spacial score (nSPS) is 18.5. The van der Waals surface area contributed by atoms with Crippen molar-refractivity contribution in [3.63, 3.8) is 0 Å². The summed E-state index contributed by atoms with van der Waals surface area (Å²) >= 11 is 1.91. The zero-order valence-electron chi connectivity index (χ0n) is 11.5. The first-order valence-corrected chi connectivity index (χ1v) is 7.97. The van der Waals surface area contributed by atoms with E-state index in [2.05, 4.69) is 19.2 Å². The number of benzene rings is 1. The molecule has 0 unspecified atom stereocenters. The minimum atomic E-state index is -0.155. The molecular weight excluding hydrogens is 258 g/mol. The van der Waals surface area contributed by atoms with Crippen LogP contribution in [0.25, 0.3) is 0 Å².